The second-order valence-electron chi connectivity index (χ2n) is 5.03. The van der Waals surface area contributed by atoms with Crippen LogP contribution in [0.25, 0.3) is 0 Å². The Bertz CT molecular complexity index is 478. The van der Waals surface area contributed by atoms with Crippen molar-refractivity contribution >= 4 is 27.5 Å². The molecule has 1 fully saturated rings. The Kier molecular flexibility index (Phi) is 4.47. The van der Waals surface area contributed by atoms with Gasteiger partial charge in [-0.25, -0.2) is 0 Å². The van der Waals surface area contributed by atoms with E-state index < -0.39 is 0 Å². The molecule has 0 saturated carbocycles. The van der Waals surface area contributed by atoms with Crippen molar-refractivity contribution in [2.24, 2.45) is 0 Å². The molecule has 4 nitrogen and oxygen atoms in total. The highest BCUT2D eigenvalue weighted by Gasteiger charge is 2.34. The Labute approximate surface area is 122 Å². The Morgan fingerprint density at radius 2 is 2.26 bits per heavy atom. The second kappa shape index (κ2) is 5.92. The summed E-state index contributed by atoms with van der Waals surface area (Å²) in [5.41, 5.74) is 2.28. The third-order valence-corrected chi connectivity index (χ3v) is 4.10. The van der Waals surface area contributed by atoms with Gasteiger partial charge in [-0.3, -0.25) is 4.79 Å². The van der Waals surface area contributed by atoms with Crippen molar-refractivity contribution < 1.29 is 4.79 Å². The molecule has 1 saturated heterocycles. The number of hydrogen-bond acceptors (Lipinski definition) is 3. The maximum Gasteiger partial charge on any atom is 0.244 e. The van der Waals surface area contributed by atoms with E-state index >= 15 is 0 Å². The molecule has 1 aromatic carbocycles. The number of aryl methyl sites for hydroxylation is 1. The molecule has 0 aromatic heterocycles. The maximum absolute atomic E-state index is 12.1. The molecule has 1 heterocycles. The van der Waals surface area contributed by atoms with Crippen molar-refractivity contribution in [2.45, 2.75) is 25.9 Å². The van der Waals surface area contributed by atoms with E-state index in [0.717, 1.165) is 10.2 Å². The molecule has 104 valence electrons. The molecular weight excluding hydrogens is 306 g/mol. The zero-order valence-corrected chi connectivity index (χ0v) is 13.1. The van der Waals surface area contributed by atoms with Gasteiger partial charge in [-0.1, -0.05) is 6.07 Å². The van der Waals surface area contributed by atoms with Crippen LogP contribution in [0.5, 0.6) is 0 Å². The summed E-state index contributed by atoms with van der Waals surface area (Å²) in [4.78, 5) is 14.3. The number of hydrogen-bond donors (Lipinski definition) is 2. The molecule has 19 heavy (non-hydrogen) atoms. The third kappa shape index (κ3) is 2.92. The van der Waals surface area contributed by atoms with E-state index in [4.69, 9.17) is 0 Å². The van der Waals surface area contributed by atoms with Gasteiger partial charge in [-0.2, -0.15) is 0 Å². The van der Waals surface area contributed by atoms with Crippen molar-refractivity contribution in [3.63, 3.8) is 0 Å². The van der Waals surface area contributed by atoms with Crippen LogP contribution in [-0.2, 0) is 4.79 Å². The summed E-state index contributed by atoms with van der Waals surface area (Å²) in [6, 6.07) is 6.35. The van der Waals surface area contributed by atoms with Crippen LogP contribution < -0.4 is 15.5 Å². The lowest BCUT2D eigenvalue weighted by Crippen LogP contribution is -2.62. The van der Waals surface area contributed by atoms with Crippen LogP contribution in [0.3, 0.4) is 0 Å². The van der Waals surface area contributed by atoms with Gasteiger partial charge in [0, 0.05) is 23.6 Å². The lowest BCUT2D eigenvalue weighted by molar-refractivity contribution is -0.123. The summed E-state index contributed by atoms with van der Waals surface area (Å²) in [5, 5.41) is 6.06. The average Bonchev–Trinajstić information content (AvgIpc) is 2.36. The Balaban J connectivity index is 2.39. The summed E-state index contributed by atoms with van der Waals surface area (Å²) in [7, 11) is 1.87. The summed E-state index contributed by atoms with van der Waals surface area (Å²) in [6.45, 7) is 5.51. The van der Waals surface area contributed by atoms with E-state index in [0.29, 0.717) is 13.1 Å². The summed E-state index contributed by atoms with van der Waals surface area (Å²) < 4.78 is 1.04. The zero-order chi connectivity index (χ0) is 14.0. The van der Waals surface area contributed by atoms with Gasteiger partial charge in [-0.15, -0.1) is 0 Å². The van der Waals surface area contributed by atoms with Crippen LogP contribution in [0.1, 0.15) is 12.5 Å². The Hall–Kier alpha value is -1.07. The highest BCUT2D eigenvalue weighted by atomic mass is 79.9. The Morgan fingerprint density at radius 3 is 2.89 bits per heavy atom. The number of benzene rings is 1. The van der Waals surface area contributed by atoms with Crippen molar-refractivity contribution in [2.75, 3.05) is 25.0 Å². The van der Waals surface area contributed by atoms with Gasteiger partial charge in [0.05, 0.1) is 5.69 Å². The summed E-state index contributed by atoms with van der Waals surface area (Å²) >= 11 is 3.61. The van der Waals surface area contributed by atoms with Crippen molar-refractivity contribution in [3.05, 3.63) is 28.2 Å². The van der Waals surface area contributed by atoms with Gasteiger partial charge in [0.15, 0.2) is 0 Å². The number of carbonyl (C=O) groups excluding carboxylic acids is 1. The summed E-state index contributed by atoms with van der Waals surface area (Å²) in [6.07, 6.45) is 0. The largest absolute Gasteiger partial charge is 0.353 e. The minimum absolute atomic E-state index is 0.0833. The fourth-order valence-corrected chi connectivity index (χ4v) is 3.21. The number of rotatable bonds is 3. The third-order valence-electron chi connectivity index (χ3n) is 3.46. The number of carbonyl (C=O) groups is 1. The van der Waals surface area contributed by atoms with E-state index in [1.54, 1.807) is 0 Å². The number of piperazine rings is 1. The lowest BCUT2D eigenvalue weighted by Gasteiger charge is -2.42. The minimum Gasteiger partial charge on any atom is -0.353 e. The van der Waals surface area contributed by atoms with E-state index in [-0.39, 0.29) is 18.0 Å². The number of nitrogens with one attached hydrogen (secondary N) is 2. The monoisotopic (exact) mass is 325 g/mol. The molecular formula is C14H20BrN3O. The molecule has 2 N–H and O–H groups in total. The molecule has 1 aliphatic rings. The number of nitrogens with zero attached hydrogens (tertiary/aromatic N) is 1. The van der Waals surface area contributed by atoms with E-state index in [1.165, 1.54) is 5.56 Å². The molecule has 2 atom stereocenters. The normalized spacial score (nSPS) is 23.4. The molecule has 0 radical (unpaired) electrons. The van der Waals surface area contributed by atoms with Crippen molar-refractivity contribution in [3.8, 4) is 0 Å². The smallest absolute Gasteiger partial charge is 0.244 e. The predicted molar refractivity (Wildman–Crippen MR) is 81.5 cm³/mol. The first-order chi connectivity index (χ1) is 9.04. The van der Waals surface area contributed by atoms with Gasteiger partial charge in [0.1, 0.15) is 6.04 Å². The van der Waals surface area contributed by atoms with E-state index in [2.05, 4.69) is 63.5 Å². The van der Waals surface area contributed by atoms with Crippen LogP contribution in [0.2, 0.25) is 0 Å². The van der Waals surface area contributed by atoms with E-state index in [9.17, 15) is 4.79 Å². The zero-order valence-electron chi connectivity index (χ0n) is 11.5. The highest BCUT2D eigenvalue weighted by molar-refractivity contribution is 9.10. The average molecular weight is 326 g/mol. The Morgan fingerprint density at radius 1 is 1.53 bits per heavy atom. The van der Waals surface area contributed by atoms with Crippen LogP contribution in [0.4, 0.5) is 5.69 Å². The SMILES string of the molecule is CNCC1C(=O)NCC(C)N1c1ccc(C)cc1Br. The highest BCUT2D eigenvalue weighted by Crippen LogP contribution is 2.31. The number of amides is 1. The fourth-order valence-electron chi connectivity index (χ4n) is 2.51. The maximum atomic E-state index is 12.1. The standard InChI is InChI=1S/C14H20BrN3O/c1-9-4-5-12(11(15)6-9)18-10(2)7-17-14(19)13(18)8-16-3/h4-6,10,13,16H,7-8H2,1-3H3,(H,17,19). The van der Waals surface area contributed by atoms with Gasteiger partial charge in [-0.05, 0) is 54.5 Å². The van der Waals surface area contributed by atoms with Gasteiger partial charge in [0.2, 0.25) is 5.91 Å². The molecule has 1 aliphatic heterocycles. The van der Waals surface area contributed by atoms with Gasteiger partial charge in [0.25, 0.3) is 0 Å². The molecule has 0 spiro atoms. The quantitative estimate of drug-likeness (QED) is 0.888. The lowest BCUT2D eigenvalue weighted by atomic mass is 10.1. The van der Waals surface area contributed by atoms with E-state index in [1.807, 2.05) is 7.05 Å². The first-order valence-corrected chi connectivity index (χ1v) is 7.30. The first-order valence-electron chi connectivity index (χ1n) is 6.51. The van der Waals surface area contributed by atoms with Gasteiger partial charge < -0.3 is 15.5 Å². The molecule has 5 heteroatoms. The fraction of sp³-hybridized carbons (Fsp3) is 0.500. The molecule has 0 bridgehead atoms. The molecule has 2 unspecified atom stereocenters. The van der Waals surface area contributed by atoms with Crippen LogP contribution in [-0.4, -0.2) is 38.1 Å². The van der Waals surface area contributed by atoms with Crippen molar-refractivity contribution in [1.82, 2.24) is 10.6 Å². The van der Waals surface area contributed by atoms with Crippen molar-refractivity contribution in [1.29, 1.82) is 0 Å². The predicted octanol–water partition coefficient (Wildman–Crippen LogP) is 1.67. The molecule has 1 aromatic rings. The summed E-state index contributed by atoms with van der Waals surface area (Å²) in [5.74, 6) is 0.0833. The molecule has 2 rings (SSSR count). The number of halogens is 1. The number of anilines is 1. The first kappa shape index (κ1) is 14.3. The van der Waals surface area contributed by atoms with Crippen LogP contribution in [0.15, 0.2) is 22.7 Å². The van der Waals surface area contributed by atoms with Crippen LogP contribution in [0, 0.1) is 6.92 Å². The topological polar surface area (TPSA) is 44.4 Å². The minimum atomic E-state index is -0.173. The number of likely N-dealkylation sites (N-methyl/N-ethyl adjacent to an activating group) is 1. The molecule has 0 aliphatic carbocycles. The van der Waals surface area contributed by atoms with Crippen LogP contribution >= 0.6 is 15.9 Å². The molecule has 1 amide bonds. The van der Waals surface area contributed by atoms with Gasteiger partial charge >= 0.3 is 0 Å². The second-order valence-corrected chi connectivity index (χ2v) is 5.88.